The molecule has 0 N–H and O–H groups in total. The van der Waals surface area contributed by atoms with Crippen molar-refractivity contribution in [3.63, 3.8) is 0 Å². The minimum Gasteiger partial charge on any atom is -0.277 e. The lowest BCUT2D eigenvalue weighted by Crippen LogP contribution is -2.19. The number of nitrogens with zero attached hydrogens (tertiary/aromatic N) is 1. The number of aryl methyl sites for hydroxylation is 2. The van der Waals surface area contributed by atoms with Crippen LogP contribution in [0.5, 0.6) is 0 Å². The number of fused-ring (bicyclic) bond motifs is 1. The monoisotopic (exact) mass is 459 g/mol. The minimum absolute atomic E-state index is 0.0134. The summed E-state index contributed by atoms with van der Waals surface area (Å²) >= 11 is 9.56. The first kappa shape index (κ1) is 18.5. The topological polar surface area (TPSA) is 56.1 Å². The Bertz CT molecular complexity index is 1190. The summed E-state index contributed by atoms with van der Waals surface area (Å²) in [6, 6.07) is 9.42. The zero-order valence-electron chi connectivity index (χ0n) is 13.2. The van der Waals surface area contributed by atoms with E-state index >= 15 is 0 Å². The lowest BCUT2D eigenvalue weighted by atomic mass is 10.1. The van der Waals surface area contributed by atoms with Crippen LogP contribution in [0.4, 0.5) is 0 Å². The van der Waals surface area contributed by atoms with Gasteiger partial charge in [-0.3, -0.25) is 9.36 Å². The molecule has 0 unspecified atom stereocenters. The van der Waals surface area contributed by atoms with Crippen LogP contribution >= 0.6 is 38.2 Å². The van der Waals surface area contributed by atoms with Crippen LogP contribution < -0.4 is 5.56 Å². The van der Waals surface area contributed by atoms with Crippen molar-refractivity contribution in [2.45, 2.75) is 18.7 Å². The van der Waals surface area contributed by atoms with Gasteiger partial charge >= 0.3 is 0 Å². The van der Waals surface area contributed by atoms with Crippen molar-refractivity contribution in [3.8, 4) is 5.69 Å². The molecule has 3 rings (SSSR count). The van der Waals surface area contributed by atoms with Crippen molar-refractivity contribution >= 4 is 58.2 Å². The van der Waals surface area contributed by atoms with E-state index in [4.69, 9.17) is 22.3 Å². The molecular formula is C17H12BrCl2NO3S. The highest BCUT2D eigenvalue weighted by Gasteiger charge is 2.16. The van der Waals surface area contributed by atoms with Crippen molar-refractivity contribution < 1.29 is 8.42 Å². The number of benzene rings is 2. The van der Waals surface area contributed by atoms with Gasteiger partial charge in [0.1, 0.15) is 0 Å². The quantitative estimate of drug-likeness (QED) is 0.508. The van der Waals surface area contributed by atoms with E-state index in [1.807, 2.05) is 13.0 Å². The Kier molecular flexibility index (Phi) is 4.75. The third-order valence-electron chi connectivity index (χ3n) is 3.96. The van der Waals surface area contributed by atoms with E-state index in [0.29, 0.717) is 27.2 Å². The summed E-state index contributed by atoms with van der Waals surface area (Å²) in [6.45, 7) is 3.62. The minimum atomic E-state index is -3.86. The first-order valence-corrected chi connectivity index (χ1v) is 10.6. The molecule has 3 aromatic rings. The number of hydrogen-bond acceptors (Lipinski definition) is 3. The third-order valence-corrected chi connectivity index (χ3v) is 6.50. The molecule has 8 heteroatoms. The van der Waals surface area contributed by atoms with E-state index in [1.54, 1.807) is 19.1 Å². The molecule has 0 bridgehead atoms. The fraction of sp³-hybridized carbons (Fsp3) is 0.118. The maximum absolute atomic E-state index is 12.6. The fourth-order valence-electron chi connectivity index (χ4n) is 2.75. The molecule has 0 atom stereocenters. The summed E-state index contributed by atoms with van der Waals surface area (Å²) in [6.07, 6.45) is 0. The Hall–Kier alpha value is -1.34. The molecule has 2 aromatic carbocycles. The van der Waals surface area contributed by atoms with Gasteiger partial charge in [0.15, 0.2) is 0 Å². The Labute approximate surface area is 162 Å². The summed E-state index contributed by atoms with van der Waals surface area (Å²) in [5.74, 6) is 0. The molecule has 0 radical (unpaired) electrons. The maximum Gasteiger partial charge on any atom is 0.261 e. The highest BCUT2D eigenvalue weighted by molar-refractivity contribution is 9.10. The number of rotatable bonds is 2. The Morgan fingerprint density at radius 2 is 1.72 bits per heavy atom. The van der Waals surface area contributed by atoms with Crippen LogP contribution in [0.25, 0.3) is 16.6 Å². The van der Waals surface area contributed by atoms with Crippen LogP contribution in [0.1, 0.15) is 11.1 Å². The zero-order valence-corrected chi connectivity index (χ0v) is 17.1. The normalized spacial score (nSPS) is 11.9. The molecule has 130 valence electrons. The maximum atomic E-state index is 12.6. The molecule has 0 aliphatic carbocycles. The fourth-order valence-corrected chi connectivity index (χ4v) is 4.14. The second-order valence-electron chi connectivity index (χ2n) is 5.67. The van der Waals surface area contributed by atoms with E-state index in [2.05, 4.69) is 15.9 Å². The van der Waals surface area contributed by atoms with Crippen LogP contribution in [0.2, 0.25) is 5.02 Å². The zero-order chi connectivity index (χ0) is 18.5. The van der Waals surface area contributed by atoms with Crippen molar-refractivity contribution in [2.75, 3.05) is 0 Å². The molecular weight excluding hydrogens is 449 g/mol. The summed E-state index contributed by atoms with van der Waals surface area (Å²) < 4.78 is 25.5. The highest BCUT2D eigenvalue weighted by atomic mass is 79.9. The van der Waals surface area contributed by atoms with Gasteiger partial charge < -0.3 is 0 Å². The molecule has 0 saturated carbocycles. The van der Waals surface area contributed by atoms with Crippen molar-refractivity contribution in [1.29, 1.82) is 0 Å². The molecule has 0 amide bonds. The summed E-state index contributed by atoms with van der Waals surface area (Å²) in [5.41, 5.74) is 2.49. The molecule has 1 aromatic heterocycles. The average molecular weight is 461 g/mol. The van der Waals surface area contributed by atoms with Gasteiger partial charge in [-0.1, -0.05) is 11.6 Å². The third kappa shape index (κ3) is 3.36. The molecule has 25 heavy (non-hydrogen) atoms. The number of pyridine rings is 1. The Morgan fingerprint density at radius 1 is 1.04 bits per heavy atom. The number of hydrogen-bond donors (Lipinski definition) is 0. The first-order chi connectivity index (χ1) is 11.6. The highest BCUT2D eigenvalue weighted by Crippen LogP contribution is 2.30. The van der Waals surface area contributed by atoms with E-state index < -0.39 is 9.05 Å². The average Bonchev–Trinajstić information content (AvgIpc) is 2.51. The van der Waals surface area contributed by atoms with Crippen LogP contribution in [0.3, 0.4) is 0 Å². The molecule has 0 saturated heterocycles. The SMILES string of the molecule is Cc1cc(Br)c(Cl)cc1-n1c(=O)cc(C)c2cc(S(=O)(=O)Cl)ccc21. The molecule has 0 fully saturated rings. The Morgan fingerprint density at radius 3 is 2.36 bits per heavy atom. The second-order valence-corrected chi connectivity index (χ2v) is 9.50. The standard InChI is InChI=1S/C17H12BrCl2NO3S/c1-9-6-17(22)21(16-8-14(19)13(18)5-10(16)2)15-4-3-11(7-12(9)15)25(20,23)24/h3-8H,1-2H3. The van der Waals surface area contributed by atoms with Crippen LogP contribution in [0, 0.1) is 13.8 Å². The lowest BCUT2D eigenvalue weighted by molar-refractivity contribution is 0.609. The van der Waals surface area contributed by atoms with Gasteiger partial charge in [-0.25, -0.2) is 8.42 Å². The van der Waals surface area contributed by atoms with Gasteiger partial charge in [0, 0.05) is 26.6 Å². The predicted molar refractivity (Wildman–Crippen MR) is 105 cm³/mol. The van der Waals surface area contributed by atoms with Crippen molar-refractivity contribution in [1.82, 2.24) is 4.57 Å². The van der Waals surface area contributed by atoms with Gasteiger partial charge in [-0.2, -0.15) is 0 Å². The van der Waals surface area contributed by atoms with Crippen molar-refractivity contribution in [2.24, 2.45) is 0 Å². The van der Waals surface area contributed by atoms with Crippen LogP contribution in [-0.4, -0.2) is 13.0 Å². The van der Waals surface area contributed by atoms with Gasteiger partial charge in [0.25, 0.3) is 14.6 Å². The van der Waals surface area contributed by atoms with Gasteiger partial charge in [0.2, 0.25) is 0 Å². The van der Waals surface area contributed by atoms with Crippen LogP contribution in [-0.2, 0) is 9.05 Å². The lowest BCUT2D eigenvalue weighted by Gasteiger charge is -2.15. The second kappa shape index (κ2) is 6.43. The molecule has 0 spiro atoms. The number of halogens is 3. The summed E-state index contributed by atoms with van der Waals surface area (Å²) in [7, 11) is 1.58. The van der Waals surface area contributed by atoms with Gasteiger partial charge in [-0.05, 0) is 71.2 Å². The largest absolute Gasteiger partial charge is 0.277 e. The van der Waals surface area contributed by atoms with Crippen LogP contribution in [0.15, 0.2) is 50.6 Å². The van der Waals surface area contributed by atoms with E-state index in [-0.39, 0.29) is 10.5 Å². The summed E-state index contributed by atoms with van der Waals surface area (Å²) in [5, 5.41) is 1.10. The first-order valence-electron chi connectivity index (χ1n) is 7.16. The van der Waals surface area contributed by atoms with E-state index in [9.17, 15) is 13.2 Å². The smallest absolute Gasteiger partial charge is 0.261 e. The number of aromatic nitrogens is 1. The van der Waals surface area contributed by atoms with Gasteiger partial charge in [-0.15, -0.1) is 0 Å². The predicted octanol–water partition coefficient (Wildman–Crippen LogP) is 4.95. The molecule has 0 aliphatic heterocycles. The van der Waals surface area contributed by atoms with Gasteiger partial charge in [0.05, 0.1) is 21.1 Å². The van der Waals surface area contributed by atoms with Crippen molar-refractivity contribution in [3.05, 3.63) is 67.4 Å². The van der Waals surface area contributed by atoms with E-state index in [0.717, 1.165) is 10.0 Å². The molecule has 4 nitrogen and oxygen atoms in total. The van der Waals surface area contributed by atoms with E-state index in [1.165, 1.54) is 22.8 Å². The molecule has 0 aliphatic rings. The molecule has 1 heterocycles. The Balaban J connectivity index is 2.45. The summed E-state index contributed by atoms with van der Waals surface area (Å²) in [4.78, 5) is 12.6.